The van der Waals surface area contributed by atoms with E-state index in [-0.39, 0.29) is 0 Å². The Morgan fingerprint density at radius 2 is 0.740 bits per heavy atom. The largest absolute Gasteiger partial charge is 0.247 e. The second kappa shape index (κ2) is 16.3. The number of aromatic nitrogens is 1. The summed E-state index contributed by atoms with van der Waals surface area (Å²) >= 11 is 0. The molecule has 0 amide bonds. The Bertz CT molecular complexity index is 4490. The van der Waals surface area contributed by atoms with Gasteiger partial charge in [0, 0.05) is 16.3 Å². The van der Waals surface area contributed by atoms with Crippen molar-refractivity contribution in [1.29, 1.82) is 0 Å². The van der Waals surface area contributed by atoms with Crippen LogP contribution < -0.4 is 0 Å². The van der Waals surface area contributed by atoms with E-state index in [1.165, 1.54) is 110 Å². The molecule has 0 saturated carbocycles. The van der Waals surface area contributed by atoms with Crippen molar-refractivity contribution in [3.05, 3.63) is 295 Å². The van der Waals surface area contributed by atoms with Gasteiger partial charge in [0.2, 0.25) is 0 Å². The van der Waals surface area contributed by atoms with E-state index in [1.54, 1.807) is 0 Å². The zero-order valence-corrected chi connectivity index (χ0v) is 39.9. The average Bonchev–Trinajstić information content (AvgIpc) is 3.81. The monoisotopic (exact) mass is 923 g/mol. The van der Waals surface area contributed by atoms with Gasteiger partial charge in [0.1, 0.15) is 0 Å². The molecule has 0 saturated heterocycles. The molecule has 0 atom stereocenters. The van der Waals surface area contributed by atoms with E-state index in [2.05, 4.69) is 273 Å². The van der Waals surface area contributed by atoms with Gasteiger partial charge < -0.3 is 0 Å². The summed E-state index contributed by atoms with van der Waals surface area (Å²) in [5, 5.41) is 13.4. The molecule has 1 nitrogen and oxygen atoms in total. The van der Waals surface area contributed by atoms with Crippen LogP contribution in [0, 0.1) is 0 Å². The van der Waals surface area contributed by atoms with Gasteiger partial charge in [-0.1, -0.05) is 237 Å². The third-order valence-corrected chi connectivity index (χ3v) is 15.9. The molecule has 0 N–H and O–H groups in total. The van der Waals surface area contributed by atoms with Gasteiger partial charge in [-0.25, -0.2) is 4.98 Å². The van der Waals surface area contributed by atoms with Crippen LogP contribution in [-0.2, 0) is 5.41 Å². The van der Waals surface area contributed by atoms with Gasteiger partial charge in [-0.15, -0.1) is 0 Å². The van der Waals surface area contributed by atoms with Crippen molar-refractivity contribution in [1.82, 2.24) is 4.98 Å². The number of pyridine rings is 1. The van der Waals surface area contributed by atoms with Gasteiger partial charge in [0.05, 0.1) is 16.6 Å². The van der Waals surface area contributed by atoms with Crippen molar-refractivity contribution < 1.29 is 0 Å². The van der Waals surface area contributed by atoms with Crippen molar-refractivity contribution in [2.45, 2.75) is 5.41 Å². The molecule has 1 heteroatoms. The van der Waals surface area contributed by atoms with Crippen molar-refractivity contribution >= 4 is 64.8 Å². The average molecular weight is 924 g/mol. The fourth-order valence-electron chi connectivity index (χ4n) is 12.6. The molecule has 73 heavy (non-hydrogen) atoms. The highest BCUT2D eigenvalue weighted by molar-refractivity contribution is 6.23. The summed E-state index contributed by atoms with van der Waals surface area (Å²) in [7, 11) is 0. The van der Waals surface area contributed by atoms with Gasteiger partial charge in [-0.05, 0) is 152 Å². The molecule has 13 aromatic carbocycles. The van der Waals surface area contributed by atoms with E-state index in [0.717, 1.165) is 33.1 Å². The standard InChI is InChI=1S/C72H45N/c1-3-21-55(22-4-1)72(56-23-5-2-6-24-56)66-29-15-13-25-57(66)63-44-65-62(45-67(63)72)58-26-14-16-30-68(58)73-71(65)49-35-31-48(32-36-49)52-39-40-61-64(43-52)70(54-38-34-47-18-8-10-20-51(47)42-54)60-28-12-11-27-59(60)69(61)53-37-33-46-17-7-9-19-50(46)41-53/h1-45H. The van der Waals surface area contributed by atoms with Gasteiger partial charge in [-0.2, -0.15) is 0 Å². The molecule has 1 heterocycles. The zero-order chi connectivity index (χ0) is 48.0. The minimum Gasteiger partial charge on any atom is -0.247 e. The highest BCUT2D eigenvalue weighted by Gasteiger charge is 2.46. The molecule has 0 spiro atoms. The number of hydrogen-bond acceptors (Lipinski definition) is 1. The Labute approximate surface area is 423 Å². The molecular formula is C72H45N. The van der Waals surface area contributed by atoms with Gasteiger partial charge in [-0.3, -0.25) is 0 Å². The van der Waals surface area contributed by atoms with Crippen LogP contribution in [0.5, 0.6) is 0 Å². The first-order valence-corrected chi connectivity index (χ1v) is 25.3. The van der Waals surface area contributed by atoms with Gasteiger partial charge in [0.15, 0.2) is 0 Å². The van der Waals surface area contributed by atoms with Crippen molar-refractivity contribution in [2.24, 2.45) is 0 Å². The zero-order valence-electron chi connectivity index (χ0n) is 39.9. The maximum absolute atomic E-state index is 5.50. The quantitative estimate of drug-likeness (QED) is 0.120. The molecule has 0 unspecified atom stereocenters. The Balaban J connectivity index is 0.927. The minimum atomic E-state index is -0.495. The Kier molecular flexibility index (Phi) is 9.24. The minimum absolute atomic E-state index is 0.495. The van der Waals surface area contributed by atoms with Crippen LogP contribution >= 0.6 is 0 Å². The fourth-order valence-corrected chi connectivity index (χ4v) is 12.6. The fraction of sp³-hybridized carbons (Fsp3) is 0.0139. The number of rotatable bonds is 6. The van der Waals surface area contributed by atoms with E-state index in [0.29, 0.717) is 0 Å². The number of nitrogens with zero attached hydrogens (tertiary/aromatic N) is 1. The number of fused-ring (bicyclic) bond motifs is 10. The molecular weight excluding hydrogens is 879 g/mol. The topological polar surface area (TPSA) is 12.9 Å². The highest BCUT2D eigenvalue weighted by Crippen LogP contribution is 2.57. The summed E-state index contributed by atoms with van der Waals surface area (Å²) in [5.74, 6) is 0. The Hall–Kier alpha value is -9.43. The summed E-state index contributed by atoms with van der Waals surface area (Å²) in [4.78, 5) is 5.50. The van der Waals surface area contributed by atoms with E-state index >= 15 is 0 Å². The molecule has 1 aromatic heterocycles. The third-order valence-electron chi connectivity index (χ3n) is 15.9. The van der Waals surface area contributed by atoms with E-state index in [9.17, 15) is 0 Å². The van der Waals surface area contributed by atoms with Crippen LogP contribution in [0.4, 0.5) is 0 Å². The molecule has 0 radical (unpaired) electrons. The van der Waals surface area contributed by atoms with Crippen LogP contribution in [0.3, 0.4) is 0 Å². The van der Waals surface area contributed by atoms with Crippen molar-refractivity contribution in [3.63, 3.8) is 0 Å². The second-order valence-corrected chi connectivity index (χ2v) is 19.7. The van der Waals surface area contributed by atoms with Crippen LogP contribution in [0.1, 0.15) is 22.3 Å². The second-order valence-electron chi connectivity index (χ2n) is 19.7. The number of para-hydroxylation sites is 1. The summed E-state index contributed by atoms with van der Waals surface area (Å²) in [6.45, 7) is 0. The first kappa shape index (κ1) is 41.4. The van der Waals surface area contributed by atoms with Crippen LogP contribution in [-0.4, -0.2) is 4.98 Å². The lowest BCUT2D eigenvalue weighted by atomic mass is 9.67. The summed E-state index contributed by atoms with van der Waals surface area (Å²) in [6, 6.07) is 101. The number of hydrogen-bond donors (Lipinski definition) is 0. The molecule has 14 aromatic rings. The van der Waals surface area contributed by atoms with Crippen molar-refractivity contribution in [2.75, 3.05) is 0 Å². The first-order valence-electron chi connectivity index (χ1n) is 25.3. The van der Waals surface area contributed by atoms with Gasteiger partial charge in [0.25, 0.3) is 0 Å². The lowest BCUT2D eigenvalue weighted by Gasteiger charge is -2.34. The lowest BCUT2D eigenvalue weighted by molar-refractivity contribution is 0.769. The van der Waals surface area contributed by atoms with Gasteiger partial charge >= 0.3 is 0 Å². The molecule has 15 rings (SSSR count). The molecule has 1 aliphatic carbocycles. The molecule has 0 aliphatic heterocycles. The maximum Gasteiger partial charge on any atom is 0.0788 e. The van der Waals surface area contributed by atoms with Crippen LogP contribution in [0.15, 0.2) is 273 Å². The molecule has 0 fully saturated rings. The predicted molar refractivity (Wildman–Crippen MR) is 308 cm³/mol. The number of benzene rings is 13. The Morgan fingerprint density at radius 1 is 0.247 bits per heavy atom. The first-order chi connectivity index (χ1) is 36.2. The van der Waals surface area contributed by atoms with Crippen molar-refractivity contribution in [3.8, 4) is 55.8 Å². The normalized spacial score (nSPS) is 12.8. The summed E-state index contributed by atoms with van der Waals surface area (Å²) in [6.07, 6.45) is 0. The lowest BCUT2D eigenvalue weighted by Crippen LogP contribution is -2.28. The smallest absolute Gasteiger partial charge is 0.0788 e. The summed E-state index contributed by atoms with van der Waals surface area (Å²) in [5.41, 5.74) is 17.5. The predicted octanol–water partition coefficient (Wildman–Crippen LogP) is 19.0. The molecule has 0 bridgehead atoms. The van der Waals surface area contributed by atoms with E-state index in [4.69, 9.17) is 4.98 Å². The maximum atomic E-state index is 5.50. The Morgan fingerprint density at radius 3 is 1.40 bits per heavy atom. The van der Waals surface area contributed by atoms with Crippen LogP contribution in [0.25, 0.3) is 121 Å². The molecule has 338 valence electrons. The summed E-state index contributed by atoms with van der Waals surface area (Å²) < 4.78 is 0. The van der Waals surface area contributed by atoms with E-state index in [1.807, 2.05) is 0 Å². The third kappa shape index (κ3) is 6.32. The van der Waals surface area contributed by atoms with E-state index < -0.39 is 5.41 Å². The SMILES string of the molecule is c1ccc(C2(c3ccccc3)c3ccccc3-c3cc4c(-c5ccc(-c6ccc7c(-c8ccc9ccccc9c8)c8ccccc8c(-c8ccc9ccccc9c8)c7c6)cc5)nc5ccccc5c4cc32)cc1. The van der Waals surface area contributed by atoms with Crippen LogP contribution in [0.2, 0.25) is 0 Å². The highest BCUT2D eigenvalue weighted by atomic mass is 14.7. The molecule has 1 aliphatic rings.